The Kier molecular flexibility index (Phi) is 6.64. The van der Waals surface area contributed by atoms with Crippen LogP contribution in [0.1, 0.15) is 37.8 Å². The Bertz CT molecular complexity index is 622. The van der Waals surface area contributed by atoms with Crippen molar-refractivity contribution in [2.75, 3.05) is 38.3 Å². The smallest absolute Gasteiger partial charge is 0.209 e. The zero-order valence-electron chi connectivity index (χ0n) is 15.7. The number of amides is 1. The molecule has 1 rings (SSSR count). The van der Waals surface area contributed by atoms with Crippen LogP contribution >= 0.6 is 0 Å². The Morgan fingerprint density at radius 3 is 2.33 bits per heavy atom. The van der Waals surface area contributed by atoms with Crippen LogP contribution in [0.25, 0.3) is 5.57 Å². The highest BCUT2D eigenvalue weighted by Crippen LogP contribution is 2.40. The molecular weight excluding hydrogens is 298 g/mol. The van der Waals surface area contributed by atoms with Gasteiger partial charge in [0.05, 0.1) is 0 Å². The van der Waals surface area contributed by atoms with Crippen molar-refractivity contribution in [3.05, 3.63) is 42.5 Å². The number of allylic oxidation sites excluding steroid dienone is 1. The second-order valence-corrected chi connectivity index (χ2v) is 6.54. The molecule has 1 aromatic rings. The SMILES string of the molecule is C=CC(CC)(CN(C)C=O)c1cc(N)c(C(=C)CC)cc1N(C)C. The maximum absolute atomic E-state index is 11.2. The first kappa shape index (κ1) is 19.8. The summed E-state index contributed by atoms with van der Waals surface area (Å²) in [4.78, 5) is 14.9. The van der Waals surface area contributed by atoms with Crippen LogP contribution in [-0.2, 0) is 10.2 Å². The van der Waals surface area contributed by atoms with Gasteiger partial charge >= 0.3 is 0 Å². The zero-order chi connectivity index (χ0) is 18.5. The Balaban J connectivity index is 3.64. The average Bonchev–Trinajstić information content (AvgIpc) is 2.58. The quantitative estimate of drug-likeness (QED) is 0.427. The summed E-state index contributed by atoms with van der Waals surface area (Å²) in [6.45, 7) is 12.9. The summed E-state index contributed by atoms with van der Waals surface area (Å²) in [7, 11) is 5.81. The molecule has 0 heterocycles. The minimum Gasteiger partial charge on any atom is -0.398 e. The number of nitrogen functional groups attached to an aromatic ring is 1. The van der Waals surface area contributed by atoms with Crippen molar-refractivity contribution in [3.63, 3.8) is 0 Å². The van der Waals surface area contributed by atoms with E-state index in [0.29, 0.717) is 6.54 Å². The van der Waals surface area contributed by atoms with Crippen molar-refractivity contribution in [2.24, 2.45) is 0 Å². The number of nitrogens with two attached hydrogens (primary N) is 1. The second kappa shape index (κ2) is 8.04. The Labute approximate surface area is 146 Å². The molecule has 0 aliphatic carbocycles. The van der Waals surface area contributed by atoms with Gasteiger partial charge in [0.2, 0.25) is 6.41 Å². The van der Waals surface area contributed by atoms with Crippen LogP contribution in [0.3, 0.4) is 0 Å². The van der Waals surface area contributed by atoms with E-state index in [-0.39, 0.29) is 5.41 Å². The van der Waals surface area contributed by atoms with Gasteiger partial charge in [-0.3, -0.25) is 4.79 Å². The van der Waals surface area contributed by atoms with Gasteiger partial charge in [-0.25, -0.2) is 0 Å². The summed E-state index contributed by atoms with van der Waals surface area (Å²) in [6.07, 6.45) is 4.46. The van der Waals surface area contributed by atoms with Crippen molar-refractivity contribution in [2.45, 2.75) is 32.1 Å². The number of benzene rings is 1. The Hall–Kier alpha value is -2.23. The number of hydrogen-bond donors (Lipinski definition) is 1. The predicted molar refractivity (Wildman–Crippen MR) is 105 cm³/mol. The molecule has 0 radical (unpaired) electrons. The molecule has 0 bridgehead atoms. The minimum absolute atomic E-state index is 0.352. The van der Waals surface area contributed by atoms with Crippen LogP contribution < -0.4 is 10.6 Å². The highest BCUT2D eigenvalue weighted by Gasteiger charge is 2.32. The van der Waals surface area contributed by atoms with Crippen LogP contribution in [0, 0.1) is 0 Å². The fourth-order valence-electron chi connectivity index (χ4n) is 3.06. The van der Waals surface area contributed by atoms with E-state index in [2.05, 4.69) is 38.0 Å². The van der Waals surface area contributed by atoms with E-state index in [1.54, 1.807) is 11.9 Å². The van der Waals surface area contributed by atoms with E-state index in [9.17, 15) is 4.79 Å². The molecule has 0 fully saturated rings. The third-order valence-corrected chi connectivity index (χ3v) is 4.73. The first-order valence-corrected chi connectivity index (χ1v) is 8.34. The number of hydrogen-bond acceptors (Lipinski definition) is 3. The van der Waals surface area contributed by atoms with Crippen LogP contribution in [0.5, 0.6) is 0 Å². The number of nitrogens with zero attached hydrogens (tertiary/aromatic N) is 2. The van der Waals surface area contributed by atoms with E-state index in [4.69, 9.17) is 5.73 Å². The first-order valence-electron chi connectivity index (χ1n) is 8.34. The molecule has 4 nitrogen and oxygen atoms in total. The van der Waals surface area contributed by atoms with Crippen molar-refractivity contribution in [1.29, 1.82) is 0 Å². The Morgan fingerprint density at radius 2 is 1.92 bits per heavy atom. The number of rotatable bonds is 9. The van der Waals surface area contributed by atoms with Crippen molar-refractivity contribution in [1.82, 2.24) is 4.90 Å². The van der Waals surface area contributed by atoms with Crippen LogP contribution in [0.4, 0.5) is 11.4 Å². The fraction of sp³-hybridized carbons (Fsp3) is 0.450. The second-order valence-electron chi connectivity index (χ2n) is 6.54. The molecule has 1 aromatic carbocycles. The summed E-state index contributed by atoms with van der Waals surface area (Å²) < 4.78 is 0. The lowest BCUT2D eigenvalue weighted by Crippen LogP contribution is -2.38. The van der Waals surface area contributed by atoms with Gasteiger partial charge in [0, 0.05) is 50.0 Å². The molecule has 4 heteroatoms. The summed E-state index contributed by atoms with van der Waals surface area (Å²) in [5, 5.41) is 0. The van der Waals surface area contributed by atoms with Gasteiger partial charge in [-0.2, -0.15) is 0 Å². The monoisotopic (exact) mass is 329 g/mol. The van der Waals surface area contributed by atoms with Gasteiger partial charge in [-0.15, -0.1) is 6.58 Å². The van der Waals surface area contributed by atoms with Gasteiger partial charge in [0.25, 0.3) is 0 Å². The van der Waals surface area contributed by atoms with Gasteiger partial charge in [0.1, 0.15) is 0 Å². The molecule has 1 unspecified atom stereocenters. The molecule has 0 spiro atoms. The molecule has 132 valence electrons. The normalized spacial score (nSPS) is 13.0. The molecule has 0 aliphatic heterocycles. The molecule has 1 atom stereocenters. The maximum Gasteiger partial charge on any atom is 0.209 e. The molecule has 0 saturated carbocycles. The standard InChI is InChI=1S/C20H31N3O/c1-8-15(4)16-11-19(22(5)6)17(12-18(16)21)20(9-2,10-3)13-23(7)14-24/h9,11-12,14H,2,4,8,10,13,21H2,1,3,5-7H3. The molecule has 24 heavy (non-hydrogen) atoms. The van der Waals surface area contributed by atoms with Gasteiger partial charge in [0.15, 0.2) is 0 Å². The lowest BCUT2D eigenvalue weighted by molar-refractivity contribution is -0.117. The molecule has 2 N–H and O–H groups in total. The molecule has 0 saturated heterocycles. The van der Waals surface area contributed by atoms with E-state index < -0.39 is 0 Å². The van der Waals surface area contributed by atoms with Crippen LogP contribution in [0.2, 0.25) is 0 Å². The van der Waals surface area contributed by atoms with E-state index in [0.717, 1.165) is 47.3 Å². The van der Waals surface area contributed by atoms with Crippen molar-refractivity contribution < 1.29 is 4.79 Å². The summed E-state index contributed by atoms with van der Waals surface area (Å²) in [5.74, 6) is 0. The molecule has 0 aliphatic rings. The minimum atomic E-state index is -0.352. The summed E-state index contributed by atoms with van der Waals surface area (Å²) in [6, 6.07) is 4.13. The number of carbonyl (C=O) groups is 1. The molecular formula is C20H31N3O. The Morgan fingerprint density at radius 1 is 1.29 bits per heavy atom. The lowest BCUT2D eigenvalue weighted by atomic mass is 9.75. The van der Waals surface area contributed by atoms with Gasteiger partial charge < -0.3 is 15.5 Å². The number of likely N-dealkylation sites (N-methyl/N-ethyl adjacent to an activating group) is 1. The summed E-state index contributed by atoms with van der Waals surface area (Å²) >= 11 is 0. The lowest BCUT2D eigenvalue weighted by Gasteiger charge is -2.36. The molecule has 1 amide bonds. The maximum atomic E-state index is 11.2. The largest absolute Gasteiger partial charge is 0.398 e. The average molecular weight is 329 g/mol. The number of anilines is 2. The zero-order valence-corrected chi connectivity index (χ0v) is 15.7. The van der Waals surface area contributed by atoms with Gasteiger partial charge in [-0.1, -0.05) is 26.5 Å². The van der Waals surface area contributed by atoms with Crippen LogP contribution in [0.15, 0.2) is 31.4 Å². The third kappa shape index (κ3) is 3.81. The van der Waals surface area contributed by atoms with Gasteiger partial charge in [-0.05, 0) is 36.1 Å². The first-order chi connectivity index (χ1) is 11.3. The predicted octanol–water partition coefficient (Wildman–Crippen LogP) is 3.68. The summed E-state index contributed by atoms with van der Waals surface area (Å²) in [5.41, 5.74) is 10.9. The third-order valence-electron chi connectivity index (χ3n) is 4.73. The van der Waals surface area contributed by atoms with Crippen molar-refractivity contribution in [3.8, 4) is 0 Å². The van der Waals surface area contributed by atoms with Crippen LogP contribution in [-0.4, -0.2) is 39.0 Å². The topological polar surface area (TPSA) is 49.6 Å². The van der Waals surface area contributed by atoms with E-state index in [1.165, 1.54) is 0 Å². The van der Waals surface area contributed by atoms with E-state index >= 15 is 0 Å². The number of carbonyl (C=O) groups excluding carboxylic acids is 1. The fourth-order valence-corrected chi connectivity index (χ4v) is 3.06. The van der Waals surface area contributed by atoms with E-state index in [1.807, 2.05) is 26.2 Å². The van der Waals surface area contributed by atoms with Crippen molar-refractivity contribution >= 4 is 23.4 Å². The highest BCUT2D eigenvalue weighted by atomic mass is 16.1. The molecule has 0 aromatic heterocycles. The highest BCUT2D eigenvalue weighted by molar-refractivity contribution is 5.79.